The fourth-order valence-electron chi connectivity index (χ4n) is 0.451. The Labute approximate surface area is 51.1 Å². The Kier molecular flexibility index (Phi) is 1.34. The normalized spacial score (nSPS) is 12.4. The van der Waals surface area contributed by atoms with E-state index in [2.05, 4.69) is 5.10 Å². The molecule has 0 aliphatic heterocycles. The van der Waals surface area contributed by atoms with Crippen LogP contribution < -0.4 is 10.6 Å². The van der Waals surface area contributed by atoms with Gasteiger partial charge in [0.25, 0.3) is 0 Å². The SMILES string of the molecule is Cn1ccsc1=NN. The Balaban J connectivity index is 3.31. The summed E-state index contributed by atoms with van der Waals surface area (Å²) < 4.78 is 1.87. The van der Waals surface area contributed by atoms with E-state index in [1.54, 1.807) is 0 Å². The minimum Gasteiger partial charge on any atom is -0.325 e. The fourth-order valence-corrected chi connectivity index (χ4v) is 1.10. The quantitative estimate of drug-likeness (QED) is 0.384. The average Bonchev–Trinajstić information content (AvgIpc) is 2.14. The van der Waals surface area contributed by atoms with Crippen LogP contribution in [0.4, 0.5) is 0 Å². The van der Waals surface area contributed by atoms with E-state index < -0.39 is 0 Å². The molecule has 0 amide bonds. The molecular weight excluding hydrogens is 122 g/mol. The van der Waals surface area contributed by atoms with Crippen LogP contribution in [0.15, 0.2) is 16.7 Å². The van der Waals surface area contributed by atoms with Crippen LogP contribution in [0.5, 0.6) is 0 Å². The van der Waals surface area contributed by atoms with E-state index >= 15 is 0 Å². The lowest BCUT2D eigenvalue weighted by Crippen LogP contribution is -2.11. The van der Waals surface area contributed by atoms with Crippen LogP contribution in [0.25, 0.3) is 0 Å². The van der Waals surface area contributed by atoms with E-state index in [4.69, 9.17) is 5.84 Å². The zero-order valence-electron chi connectivity index (χ0n) is 4.53. The van der Waals surface area contributed by atoms with Crippen LogP contribution in [0, 0.1) is 0 Å². The smallest absolute Gasteiger partial charge is 0.207 e. The first kappa shape index (κ1) is 5.37. The molecule has 8 heavy (non-hydrogen) atoms. The van der Waals surface area contributed by atoms with Gasteiger partial charge in [-0.15, -0.1) is 11.3 Å². The maximum Gasteiger partial charge on any atom is 0.207 e. The number of thiazole rings is 1. The number of aromatic nitrogens is 1. The standard InChI is InChI=1S/C4H7N3S/c1-7-2-3-8-4(7)6-5/h2-3H,5H2,1H3. The average molecular weight is 129 g/mol. The van der Waals surface area contributed by atoms with Crippen molar-refractivity contribution in [3.63, 3.8) is 0 Å². The van der Waals surface area contributed by atoms with Gasteiger partial charge in [-0.1, -0.05) is 0 Å². The summed E-state index contributed by atoms with van der Waals surface area (Å²) in [5.74, 6) is 5.01. The number of aryl methyl sites for hydroxylation is 1. The Morgan fingerprint density at radius 1 is 1.88 bits per heavy atom. The number of rotatable bonds is 0. The lowest BCUT2D eigenvalue weighted by molar-refractivity contribution is 0.854. The van der Waals surface area contributed by atoms with Gasteiger partial charge < -0.3 is 10.4 Å². The second-order valence-corrected chi connectivity index (χ2v) is 2.30. The number of nitrogens with two attached hydrogens (primary N) is 1. The highest BCUT2D eigenvalue weighted by molar-refractivity contribution is 7.07. The molecule has 0 spiro atoms. The van der Waals surface area contributed by atoms with Crippen molar-refractivity contribution in [1.29, 1.82) is 0 Å². The molecule has 44 valence electrons. The Morgan fingerprint density at radius 3 is 2.88 bits per heavy atom. The molecule has 0 fully saturated rings. The maximum atomic E-state index is 5.01. The van der Waals surface area contributed by atoms with Crippen LogP contribution >= 0.6 is 11.3 Å². The second kappa shape index (κ2) is 2.00. The van der Waals surface area contributed by atoms with E-state index in [0.717, 1.165) is 4.80 Å². The predicted octanol–water partition coefficient (Wildman–Crippen LogP) is -0.139. The highest BCUT2D eigenvalue weighted by Crippen LogP contribution is 1.83. The van der Waals surface area contributed by atoms with Gasteiger partial charge in [-0.2, -0.15) is 5.10 Å². The number of hydrogen-bond donors (Lipinski definition) is 1. The minimum absolute atomic E-state index is 0.838. The molecular formula is C4H7N3S. The Bertz CT molecular complexity index is 221. The van der Waals surface area contributed by atoms with Crippen molar-refractivity contribution in [3.8, 4) is 0 Å². The van der Waals surface area contributed by atoms with Crippen LogP contribution in [0.2, 0.25) is 0 Å². The molecule has 1 aromatic rings. The number of hydrogen-bond acceptors (Lipinski definition) is 3. The third kappa shape index (κ3) is 0.742. The summed E-state index contributed by atoms with van der Waals surface area (Å²) in [7, 11) is 1.90. The van der Waals surface area contributed by atoms with Gasteiger partial charge in [0, 0.05) is 18.6 Å². The molecule has 3 nitrogen and oxygen atoms in total. The molecule has 0 aliphatic rings. The molecule has 1 heterocycles. The first-order chi connectivity index (χ1) is 3.84. The summed E-state index contributed by atoms with van der Waals surface area (Å²) in [6, 6.07) is 0. The highest BCUT2D eigenvalue weighted by Gasteiger charge is 1.82. The molecule has 4 heteroatoms. The van der Waals surface area contributed by atoms with Crippen LogP contribution in [0.3, 0.4) is 0 Å². The van der Waals surface area contributed by atoms with E-state index in [9.17, 15) is 0 Å². The largest absolute Gasteiger partial charge is 0.325 e. The minimum atomic E-state index is 0.838. The van der Waals surface area contributed by atoms with Crippen molar-refractivity contribution in [2.45, 2.75) is 0 Å². The van der Waals surface area contributed by atoms with Crippen LogP contribution in [-0.2, 0) is 7.05 Å². The first-order valence-electron chi connectivity index (χ1n) is 2.18. The van der Waals surface area contributed by atoms with E-state index in [-0.39, 0.29) is 0 Å². The van der Waals surface area contributed by atoms with Crippen molar-refractivity contribution in [3.05, 3.63) is 16.4 Å². The number of nitrogens with zero attached hydrogens (tertiary/aromatic N) is 2. The molecule has 2 N–H and O–H groups in total. The zero-order chi connectivity index (χ0) is 5.98. The summed E-state index contributed by atoms with van der Waals surface area (Å²) >= 11 is 1.52. The van der Waals surface area contributed by atoms with Crippen molar-refractivity contribution in [1.82, 2.24) is 4.57 Å². The third-order valence-electron chi connectivity index (χ3n) is 0.870. The molecule has 0 saturated carbocycles. The van der Waals surface area contributed by atoms with Crippen LogP contribution in [-0.4, -0.2) is 4.57 Å². The van der Waals surface area contributed by atoms with E-state index in [0.29, 0.717) is 0 Å². The lowest BCUT2D eigenvalue weighted by atomic mass is 10.9. The van der Waals surface area contributed by atoms with Gasteiger partial charge in [-0.3, -0.25) is 0 Å². The van der Waals surface area contributed by atoms with Crippen molar-refractivity contribution in [2.24, 2.45) is 18.0 Å². The summed E-state index contributed by atoms with van der Waals surface area (Å²) in [5, 5.41) is 5.45. The van der Waals surface area contributed by atoms with E-state index in [1.165, 1.54) is 11.3 Å². The summed E-state index contributed by atoms with van der Waals surface area (Å²) in [5.41, 5.74) is 0. The Hall–Kier alpha value is -0.770. The molecule has 1 aromatic heterocycles. The van der Waals surface area contributed by atoms with Gasteiger partial charge in [-0.25, -0.2) is 0 Å². The van der Waals surface area contributed by atoms with Crippen LogP contribution in [0.1, 0.15) is 0 Å². The molecule has 0 saturated heterocycles. The fraction of sp³-hybridized carbons (Fsp3) is 0.250. The van der Waals surface area contributed by atoms with Gasteiger partial charge in [0.1, 0.15) is 0 Å². The maximum absolute atomic E-state index is 5.01. The first-order valence-corrected chi connectivity index (χ1v) is 3.06. The van der Waals surface area contributed by atoms with Crippen molar-refractivity contribution in [2.75, 3.05) is 0 Å². The second-order valence-electron chi connectivity index (χ2n) is 1.43. The molecule has 0 radical (unpaired) electrons. The van der Waals surface area contributed by atoms with Crippen molar-refractivity contribution < 1.29 is 0 Å². The van der Waals surface area contributed by atoms with Gasteiger partial charge in [0.05, 0.1) is 0 Å². The molecule has 0 aliphatic carbocycles. The molecule has 1 rings (SSSR count). The molecule has 0 atom stereocenters. The topological polar surface area (TPSA) is 43.3 Å². The predicted molar refractivity (Wildman–Crippen MR) is 33.0 cm³/mol. The van der Waals surface area contributed by atoms with Crippen molar-refractivity contribution >= 4 is 11.3 Å². The monoisotopic (exact) mass is 129 g/mol. The molecule has 0 unspecified atom stereocenters. The Morgan fingerprint density at radius 2 is 2.62 bits per heavy atom. The van der Waals surface area contributed by atoms with Gasteiger partial charge in [-0.05, 0) is 0 Å². The summed E-state index contributed by atoms with van der Waals surface area (Å²) in [6.07, 6.45) is 1.91. The summed E-state index contributed by atoms with van der Waals surface area (Å²) in [4.78, 5) is 0.838. The third-order valence-corrected chi connectivity index (χ3v) is 1.73. The van der Waals surface area contributed by atoms with Gasteiger partial charge in [0.15, 0.2) is 0 Å². The molecule has 0 aromatic carbocycles. The van der Waals surface area contributed by atoms with Gasteiger partial charge in [0.2, 0.25) is 4.80 Å². The highest BCUT2D eigenvalue weighted by atomic mass is 32.1. The lowest BCUT2D eigenvalue weighted by Gasteiger charge is -1.82. The van der Waals surface area contributed by atoms with E-state index in [1.807, 2.05) is 23.2 Å². The summed E-state index contributed by atoms with van der Waals surface area (Å²) in [6.45, 7) is 0. The van der Waals surface area contributed by atoms with Gasteiger partial charge >= 0.3 is 0 Å². The zero-order valence-corrected chi connectivity index (χ0v) is 5.35. The molecule has 0 bridgehead atoms.